The van der Waals surface area contributed by atoms with Crippen LogP contribution in [0.1, 0.15) is 44.5 Å². The second-order valence-electron chi connectivity index (χ2n) is 21.0. The van der Waals surface area contributed by atoms with Crippen LogP contribution in [-0.2, 0) is 110 Å². The van der Waals surface area contributed by atoms with Crippen LogP contribution in [0.3, 0.4) is 0 Å². The molecule has 2 spiro atoms. The highest BCUT2D eigenvalue weighted by atomic mass is 16.8. The fraction of sp³-hybridized carbons (Fsp3) is 0.314. The molecule has 0 unspecified atom stereocenters. The van der Waals surface area contributed by atoms with E-state index in [1.54, 1.807) is 0 Å². The summed E-state index contributed by atoms with van der Waals surface area (Å²) in [7, 11) is 0. The Balaban J connectivity index is 0.982. The van der Waals surface area contributed by atoms with Crippen molar-refractivity contribution in [1.82, 2.24) is 0 Å². The Kier molecular flexibility index (Phi) is 20.2. The Hall–Kier alpha value is -6.72. The first kappa shape index (κ1) is 57.1. The molecule has 0 N–H and O–H groups in total. The van der Waals surface area contributed by atoms with E-state index in [9.17, 15) is 0 Å². The fourth-order valence-corrected chi connectivity index (χ4v) is 10.8. The molecule has 8 aromatic carbocycles. The van der Waals surface area contributed by atoms with Crippen molar-refractivity contribution in [3.8, 4) is 0 Å². The first-order chi connectivity index (χ1) is 40.6. The number of ether oxygens (including phenoxy) is 12. The van der Waals surface area contributed by atoms with Crippen LogP contribution in [-0.4, -0.2) is 86.8 Å². The first-order valence-corrected chi connectivity index (χ1v) is 28.4. The third-order valence-electron chi connectivity index (χ3n) is 15.1. The van der Waals surface area contributed by atoms with Crippen molar-refractivity contribution in [2.45, 2.75) is 113 Å². The maximum absolute atomic E-state index is 7.46. The van der Waals surface area contributed by atoms with Crippen LogP contribution in [0.4, 0.5) is 0 Å². The highest BCUT2D eigenvalue weighted by Gasteiger charge is 2.66. The van der Waals surface area contributed by atoms with Crippen molar-refractivity contribution in [3.05, 3.63) is 287 Å². The minimum Gasteiger partial charge on any atom is -0.374 e. The van der Waals surface area contributed by atoms with Gasteiger partial charge in [0.1, 0.15) is 62.0 Å². The molecule has 0 aromatic heterocycles. The predicted molar refractivity (Wildman–Crippen MR) is 309 cm³/mol. The zero-order valence-electron chi connectivity index (χ0n) is 46.1. The number of rotatable bonds is 26. The van der Waals surface area contributed by atoms with Crippen LogP contribution in [0.2, 0.25) is 0 Å². The molecule has 3 aliphatic heterocycles. The molecule has 3 aliphatic rings. The molecular formula is C70H72O12. The summed E-state index contributed by atoms with van der Waals surface area (Å²) in [5, 5.41) is 0. The molecule has 0 saturated carbocycles. The largest absolute Gasteiger partial charge is 0.374 e. The summed E-state index contributed by atoms with van der Waals surface area (Å²) >= 11 is 0. The van der Waals surface area contributed by atoms with Crippen molar-refractivity contribution in [2.75, 3.05) is 26.4 Å². The summed E-state index contributed by atoms with van der Waals surface area (Å²) in [6.45, 7) is 1.97. The molecule has 82 heavy (non-hydrogen) atoms. The zero-order chi connectivity index (χ0) is 55.5. The molecule has 11 rings (SSSR count). The number of hydrogen-bond acceptors (Lipinski definition) is 12. The van der Waals surface area contributed by atoms with E-state index in [0.29, 0.717) is 13.2 Å². The molecule has 12 nitrogen and oxygen atoms in total. The number of hydrogen-bond donors (Lipinski definition) is 0. The molecule has 0 aliphatic carbocycles. The topological polar surface area (TPSA) is 111 Å². The summed E-state index contributed by atoms with van der Waals surface area (Å²) in [6, 6.07) is 80.6. The highest BCUT2D eigenvalue weighted by molar-refractivity contribution is 5.21. The predicted octanol–water partition coefficient (Wildman–Crippen LogP) is 12.2. The normalized spacial score (nSPS) is 25.3. The molecule has 0 bridgehead atoms. The van der Waals surface area contributed by atoms with Gasteiger partial charge in [-0.05, 0) is 44.5 Å². The minimum absolute atomic E-state index is 0.122. The average molecular weight is 1110 g/mol. The standard InChI is InChI=1S/C70H72O12/c1-9-25-53(26-10-1)41-71-49-61-63(73-43-55-29-13-3-14-30-55)65(75-45-57-33-17-5-18-34-57)67(77-47-59-37-21-7-22-38-59)69(81-61)51-80-70(52-79-69)68(78-48-60-39-23-8-24-40-60)66(76-46-58-35-19-6-20-36-58)64(74-44-56-31-15-4-16-32-56)62(82-70)50-72-42-54-27-11-2-12-28-54/h1-40,61-68H,41-52H2/t61-,62-,63-,64-,65+,66+,67-,68-,69-,70+/m1/s1. The van der Waals surface area contributed by atoms with E-state index in [0.717, 1.165) is 44.5 Å². The van der Waals surface area contributed by atoms with E-state index < -0.39 is 60.4 Å². The smallest absolute Gasteiger partial charge is 0.222 e. The summed E-state index contributed by atoms with van der Waals surface area (Å²) in [6.07, 6.45) is -6.41. The molecule has 12 heteroatoms. The van der Waals surface area contributed by atoms with Gasteiger partial charge in [0.25, 0.3) is 0 Å². The average Bonchev–Trinajstić information content (AvgIpc) is 2.71. The second-order valence-corrected chi connectivity index (χ2v) is 21.0. The van der Waals surface area contributed by atoms with Crippen molar-refractivity contribution in [3.63, 3.8) is 0 Å². The van der Waals surface area contributed by atoms with E-state index >= 15 is 0 Å². The number of benzene rings is 8. The second kappa shape index (κ2) is 29.0. The minimum atomic E-state index is -1.62. The van der Waals surface area contributed by atoms with Crippen LogP contribution in [0.25, 0.3) is 0 Å². The maximum atomic E-state index is 7.46. The van der Waals surface area contributed by atoms with E-state index in [1.165, 1.54) is 0 Å². The van der Waals surface area contributed by atoms with E-state index in [2.05, 4.69) is 0 Å². The molecule has 0 amide bonds. The van der Waals surface area contributed by atoms with Crippen LogP contribution in [0.15, 0.2) is 243 Å². The van der Waals surface area contributed by atoms with Crippen molar-refractivity contribution < 1.29 is 56.8 Å². The summed E-state index contributed by atoms with van der Waals surface area (Å²) in [4.78, 5) is 0. The molecule has 10 atom stereocenters. The van der Waals surface area contributed by atoms with Gasteiger partial charge in [0.05, 0.1) is 66.1 Å². The quantitative estimate of drug-likeness (QED) is 0.0515. The van der Waals surface area contributed by atoms with Crippen molar-refractivity contribution in [1.29, 1.82) is 0 Å². The molecule has 424 valence electrons. The Morgan fingerprint density at radius 3 is 0.732 bits per heavy atom. The van der Waals surface area contributed by atoms with Crippen LogP contribution in [0, 0.1) is 0 Å². The zero-order valence-corrected chi connectivity index (χ0v) is 46.1. The summed E-state index contributed by atoms with van der Waals surface area (Å²) < 4.78 is 85.8. The Morgan fingerprint density at radius 2 is 0.488 bits per heavy atom. The van der Waals surface area contributed by atoms with Gasteiger partial charge in [-0.3, -0.25) is 0 Å². The van der Waals surface area contributed by atoms with Gasteiger partial charge < -0.3 is 56.8 Å². The van der Waals surface area contributed by atoms with Gasteiger partial charge in [0.15, 0.2) is 0 Å². The van der Waals surface area contributed by atoms with Gasteiger partial charge in [0, 0.05) is 0 Å². The van der Waals surface area contributed by atoms with E-state index in [-0.39, 0.29) is 66.1 Å². The molecule has 3 saturated heterocycles. The lowest BCUT2D eigenvalue weighted by molar-refractivity contribution is -0.477. The molecular weight excluding hydrogens is 1030 g/mol. The highest BCUT2D eigenvalue weighted by Crippen LogP contribution is 2.46. The Bertz CT molecular complexity index is 2840. The van der Waals surface area contributed by atoms with E-state index in [4.69, 9.17) is 56.8 Å². The van der Waals surface area contributed by atoms with Gasteiger partial charge >= 0.3 is 0 Å². The molecule has 3 fully saturated rings. The molecule has 3 heterocycles. The summed E-state index contributed by atoms with van der Waals surface area (Å²) in [5.41, 5.74) is 7.86. The first-order valence-electron chi connectivity index (χ1n) is 28.4. The Morgan fingerprint density at radius 1 is 0.268 bits per heavy atom. The SMILES string of the molecule is c1ccc(COC[C@H]2O[C@@]3(CO[C@]4(CO3)O[C@H](COCc3ccccc3)[C@@H](OCc3ccccc3)[C@H](OCc3ccccc3)[C@H]4OCc3ccccc3)[C@H](OCc3ccccc3)[C@@H](OCc3ccccc3)[C@@H]2OCc2ccccc2)cc1. The lowest BCUT2D eigenvalue weighted by Gasteiger charge is -2.58. The van der Waals surface area contributed by atoms with Crippen molar-refractivity contribution >= 4 is 0 Å². The summed E-state index contributed by atoms with van der Waals surface area (Å²) in [5.74, 6) is -3.25. The maximum Gasteiger partial charge on any atom is 0.222 e. The van der Waals surface area contributed by atoms with Crippen LogP contribution in [0.5, 0.6) is 0 Å². The third-order valence-corrected chi connectivity index (χ3v) is 15.1. The molecule has 0 radical (unpaired) electrons. The lowest BCUT2D eigenvalue weighted by atomic mass is 9.88. The van der Waals surface area contributed by atoms with Gasteiger partial charge in [-0.25, -0.2) is 0 Å². The van der Waals surface area contributed by atoms with E-state index in [1.807, 2.05) is 243 Å². The van der Waals surface area contributed by atoms with Gasteiger partial charge in [-0.15, -0.1) is 0 Å². The third kappa shape index (κ3) is 15.1. The monoisotopic (exact) mass is 1100 g/mol. The van der Waals surface area contributed by atoms with Crippen molar-refractivity contribution in [2.24, 2.45) is 0 Å². The van der Waals surface area contributed by atoms with Crippen LogP contribution >= 0.6 is 0 Å². The van der Waals surface area contributed by atoms with Gasteiger partial charge in [-0.2, -0.15) is 0 Å². The van der Waals surface area contributed by atoms with Crippen LogP contribution < -0.4 is 0 Å². The Labute approximate surface area is 481 Å². The van der Waals surface area contributed by atoms with Gasteiger partial charge in [0.2, 0.25) is 11.6 Å². The molecule has 8 aromatic rings. The van der Waals surface area contributed by atoms with Gasteiger partial charge in [-0.1, -0.05) is 243 Å². The fourth-order valence-electron chi connectivity index (χ4n) is 10.8. The lowest BCUT2D eigenvalue weighted by Crippen LogP contribution is -2.76.